The van der Waals surface area contributed by atoms with Gasteiger partial charge in [0.2, 0.25) is 5.91 Å². The van der Waals surface area contributed by atoms with E-state index in [2.05, 4.69) is 35.1 Å². The summed E-state index contributed by atoms with van der Waals surface area (Å²) in [6.45, 7) is 2.96. The summed E-state index contributed by atoms with van der Waals surface area (Å²) in [7, 11) is 0. The van der Waals surface area contributed by atoms with Crippen molar-refractivity contribution >= 4 is 16.8 Å². The van der Waals surface area contributed by atoms with Gasteiger partial charge in [-0.25, -0.2) is 4.39 Å². The largest absolute Gasteiger partial charge is 0.353 e. The molecular weight excluding hydrogens is 327 g/mol. The molecule has 0 bridgehead atoms. The van der Waals surface area contributed by atoms with Crippen molar-refractivity contribution in [3.05, 3.63) is 71.7 Å². The van der Waals surface area contributed by atoms with Crippen LogP contribution in [0, 0.1) is 5.82 Å². The molecule has 1 atom stereocenters. The lowest BCUT2D eigenvalue weighted by Crippen LogP contribution is -2.27. The molecule has 1 amide bonds. The number of nitrogens with one attached hydrogen (secondary N) is 1. The SMILES string of the molecule is CCn1cc([C@@H](CC(=O)NC2CC2)c2cccc(F)c2)c2ccccc21. The summed E-state index contributed by atoms with van der Waals surface area (Å²) in [6.07, 6.45) is 4.57. The van der Waals surface area contributed by atoms with Crippen LogP contribution < -0.4 is 5.32 Å². The second-order valence-corrected chi connectivity index (χ2v) is 7.04. The minimum absolute atomic E-state index is 0.0371. The summed E-state index contributed by atoms with van der Waals surface area (Å²) in [5.41, 5.74) is 3.07. The van der Waals surface area contributed by atoms with Crippen molar-refractivity contribution in [2.75, 3.05) is 0 Å². The first-order valence-corrected chi connectivity index (χ1v) is 9.28. The van der Waals surface area contributed by atoms with E-state index in [0.29, 0.717) is 12.5 Å². The molecule has 0 radical (unpaired) electrons. The van der Waals surface area contributed by atoms with Gasteiger partial charge in [-0.2, -0.15) is 0 Å². The zero-order valence-corrected chi connectivity index (χ0v) is 14.9. The van der Waals surface area contributed by atoms with Gasteiger partial charge in [-0.05, 0) is 49.1 Å². The first-order chi connectivity index (χ1) is 12.7. The third-order valence-electron chi connectivity index (χ3n) is 5.12. The quantitative estimate of drug-likeness (QED) is 0.692. The number of nitrogens with zero attached hydrogens (tertiary/aromatic N) is 1. The molecule has 0 spiro atoms. The average Bonchev–Trinajstić information content (AvgIpc) is 3.38. The number of hydrogen-bond donors (Lipinski definition) is 1. The van der Waals surface area contributed by atoms with E-state index in [1.807, 2.05) is 18.2 Å². The molecule has 1 N–H and O–H groups in total. The van der Waals surface area contributed by atoms with E-state index >= 15 is 0 Å². The highest BCUT2D eigenvalue weighted by atomic mass is 19.1. The predicted octanol–water partition coefficient (Wildman–Crippen LogP) is 4.60. The maximum Gasteiger partial charge on any atom is 0.221 e. The van der Waals surface area contributed by atoms with E-state index in [1.54, 1.807) is 12.1 Å². The van der Waals surface area contributed by atoms with Crippen molar-refractivity contribution in [1.29, 1.82) is 0 Å². The molecule has 1 aliphatic rings. The van der Waals surface area contributed by atoms with Crippen molar-refractivity contribution in [2.45, 2.75) is 44.7 Å². The van der Waals surface area contributed by atoms with E-state index < -0.39 is 0 Å². The monoisotopic (exact) mass is 350 g/mol. The molecule has 2 aromatic carbocycles. The van der Waals surface area contributed by atoms with Crippen LogP contribution in [0.25, 0.3) is 10.9 Å². The molecule has 3 nitrogen and oxygen atoms in total. The smallest absolute Gasteiger partial charge is 0.221 e. The highest BCUT2D eigenvalue weighted by Gasteiger charge is 2.27. The Morgan fingerprint density at radius 3 is 2.77 bits per heavy atom. The van der Waals surface area contributed by atoms with Crippen molar-refractivity contribution in [1.82, 2.24) is 9.88 Å². The van der Waals surface area contributed by atoms with E-state index in [-0.39, 0.29) is 17.6 Å². The Kier molecular flexibility index (Phi) is 4.49. The molecule has 3 aromatic rings. The maximum atomic E-state index is 13.9. The molecule has 4 rings (SSSR count). The Bertz CT molecular complexity index is 942. The van der Waals surface area contributed by atoms with Crippen LogP contribution in [0.1, 0.15) is 43.2 Å². The number of fused-ring (bicyclic) bond motifs is 1. The fourth-order valence-corrected chi connectivity index (χ4v) is 3.64. The molecule has 1 aliphatic carbocycles. The van der Waals surface area contributed by atoms with Crippen molar-refractivity contribution in [3.63, 3.8) is 0 Å². The van der Waals surface area contributed by atoms with Crippen LogP contribution in [-0.4, -0.2) is 16.5 Å². The van der Waals surface area contributed by atoms with Gasteiger partial charge in [0.15, 0.2) is 0 Å². The van der Waals surface area contributed by atoms with Gasteiger partial charge >= 0.3 is 0 Å². The molecule has 0 aliphatic heterocycles. The summed E-state index contributed by atoms with van der Waals surface area (Å²) < 4.78 is 16.1. The minimum Gasteiger partial charge on any atom is -0.353 e. The first-order valence-electron chi connectivity index (χ1n) is 9.28. The van der Waals surface area contributed by atoms with Crippen LogP contribution in [-0.2, 0) is 11.3 Å². The molecule has 4 heteroatoms. The number of para-hydroxylation sites is 1. The van der Waals surface area contributed by atoms with Crippen LogP contribution >= 0.6 is 0 Å². The second-order valence-electron chi connectivity index (χ2n) is 7.04. The normalized spacial score (nSPS) is 15.2. The van der Waals surface area contributed by atoms with Gasteiger partial charge < -0.3 is 9.88 Å². The third kappa shape index (κ3) is 3.36. The van der Waals surface area contributed by atoms with E-state index in [9.17, 15) is 9.18 Å². The first kappa shape index (κ1) is 16.8. The van der Waals surface area contributed by atoms with Crippen LogP contribution in [0.5, 0.6) is 0 Å². The molecule has 1 fully saturated rings. The molecule has 26 heavy (non-hydrogen) atoms. The number of amides is 1. The number of carbonyl (C=O) groups is 1. The summed E-state index contributed by atoms with van der Waals surface area (Å²) >= 11 is 0. The fraction of sp³-hybridized carbons (Fsp3) is 0.318. The van der Waals surface area contributed by atoms with Gasteiger partial charge in [0, 0.05) is 42.0 Å². The van der Waals surface area contributed by atoms with Gasteiger partial charge in [-0.1, -0.05) is 30.3 Å². The highest BCUT2D eigenvalue weighted by molar-refractivity contribution is 5.86. The van der Waals surface area contributed by atoms with Crippen molar-refractivity contribution < 1.29 is 9.18 Å². The van der Waals surface area contributed by atoms with E-state index in [0.717, 1.165) is 41.4 Å². The maximum absolute atomic E-state index is 13.9. The number of hydrogen-bond acceptors (Lipinski definition) is 1. The molecule has 1 heterocycles. The second kappa shape index (κ2) is 6.94. The number of carbonyl (C=O) groups excluding carboxylic acids is 1. The number of aromatic nitrogens is 1. The fourth-order valence-electron chi connectivity index (χ4n) is 3.64. The van der Waals surface area contributed by atoms with Crippen molar-refractivity contribution in [3.8, 4) is 0 Å². The molecule has 0 saturated heterocycles. The molecule has 1 saturated carbocycles. The van der Waals surface area contributed by atoms with Gasteiger partial charge in [0.1, 0.15) is 5.82 Å². The Labute approximate surface area is 152 Å². The number of aryl methyl sites for hydroxylation is 1. The Morgan fingerprint density at radius 2 is 2.04 bits per heavy atom. The molecule has 134 valence electrons. The van der Waals surface area contributed by atoms with Gasteiger partial charge in [0.05, 0.1) is 0 Å². The highest BCUT2D eigenvalue weighted by Crippen LogP contribution is 2.35. The Balaban J connectivity index is 1.78. The van der Waals surface area contributed by atoms with Crippen LogP contribution in [0.15, 0.2) is 54.7 Å². The lowest BCUT2D eigenvalue weighted by atomic mass is 9.88. The van der Waals surface area contributed by atoms with Crippen LogP contribution in [0.3, 0.4) is 0 Å². The Morgan fingerprint density at radius 1 is 1.23 bits per heavy atom. The molecular formula is C22H23FN2O. The number of halogens is 1. The summed E-state index contributed by atoms with van der Waals surface area (Å²) in [5.74, 6) is -0.397. The predicted molar refractivity (Wildman–Crippen MR) is 102 cm³/mol. The van der Waals surface area contributed by atoms with E-state index in [4.69, 9.17) is 0 Å². The summed E-state index contributed by atoms with van der Waals surface area (Å²) in [6, 6.07) is 15.2. The van der Waals surface area contributed by atoms with Gasteiger partial charge in [-0.3, -0.25) is 4.79 Å². The standard InChI is InChI=1S/C22H23FN2O/c1-2-25-14-20(18-8-3-4-9-21(18)25)19(13-22(26)24-17-10-11-17)15-6-5-7-16(23)12-15/h3-9,12,14,17,19H,2,10-11,13H2,1H3,(H,24,26)/t19-/m0/s1. The summed E-state index contributed by atoms with van der Waals surface area (Å²) in [5, 5.41) is 4.20. The van der Waals surface area contributed by atoms with Crippen LogP contribution in [0.2, 0.25) is 0 Å². The van der Waals surface area contributed by atoms with Gasteiger partial charge in [0.25, 0.3) is 0 Å². The zero-order valence-electron chi connectivity index (χ0n) is 14.9. The molecule has 0 unspecified atom stereocenters. The third-order valence-corrected chi connectivity index (χ3v) is 5.12. The number of rotatable bonds is 6. The minimum atomic E-state index is -0.269. The molecule has 1 aromatic heterocycles. The Hall–Kier alpha value is -2.62. The topological polar surface area (TPSA) is 34.0 Å². The van der Waals surface area contributed by atoms with E-state index in [1.165, 1.54) is 6.07 Å². The average molecular weight is 350 g/mol. The zero-order chi connectivity index (χ0) is 18.1. The lowest BCUT2D eigenvalue weighted by Gasteiger charge is -2.17. The van der Waals surface area contributed by atoms with Crippen LogP contribution in [0.4, 0.5) is 4.39 Å². The van der Waals surface area contributed by atoms with Crippen molar-refractivity contribution in [2.24, 2.45) is 0 Å². The number of benzene rings is 2. The van der Waals surface area contributed by atoms with Gasteiger partial charge in [-0.15, -0.1) is 0 Å². The lowest BCUT2D eigenvalue weighted by molar-refractivity contribution is -0.121. The summed E-state index contributed by atoms with van der Waals surface area (Å²) in [4.78, 5) is 12.5.